The van der Waals surface area contributed by atoms with Crippen molar-refractivity contribution in [1.29, 1.82) is 0 Å². The van der Waals surface area contributed by atoms with E-state index >= 15 is 0 Å². The van der Waals surface area contributed by atoms with Crippen LogP contribution in [0.25, 0.3) is 16.6 Å². The lowest BCUT2D eigenvalue weighted by Gasteiger charge is -2.24. The van der Waals surface area contributed by atoms with Gasteiger partial charge in [-0.3, -0.25) is 4.79 Å². The topological polar surface area (TPSA) is 60.9 Å². The third-order valence-electron chi connectivity index (χ3n) is 5.19. The van der Waals surface area contributed by atoms with E-state index < -0.39 is 0 Å². The molecule has 0 saturated carbocycles. The minimum atomic E-state index is -0.00212. The lowest BCUT2D eigenvalue weighted by atomic mass is 10.1. The van der Waals surface area contributed by atoms with Crippen LogP contribution in [0.4, 0.5) is 0 Å². The number of hydrogen-bond acceptors (Lipinski definition) is 6. The summed E-state index contributed by atoms with van der Waals surface area (Å²) in [4.78, 5) is 20.5. The molecule has 1 amide bonds. The molecule has 3 heterocycles. The Morgan fingerprint density at radius 1 is 1.17 bits per heavy atom. The normalized spacial score (nSPS) is 14.8. The fraction of sp³-hybridized carbons (Fsp3) is 0.217. The van der Waals surface area contributed by atoms with Crippen molar-refractivity contribution in [2.24, 2.45) is 0 Å². The van der Waals surface area contributed by atoms with Crippen molar-refractivity contribution >= 4 is 23.3 Å². The first-order valence-corrected chi connectivity index (χ1v) is 10.5. The number of carbonyl (C=O) groups excluding carboxylic acids is 1. The number of nitrogens with zero attached hydrogens (tertiary/aromatic N) is 2. The zero-order valence-electron chi connectivity index (χ0n) is 16.5. The molecular formula is C23H20N2O4S. The van der Waals surface area contributed by atoms with E-state index in [1.54, 1.807) is 24.5 Å². The molecular weight excluding hydrogens is 400 g/mol. The van der Waals surface area contributed by atoms with Crippen LogP contribution < -0.4 is 14.2 Å². The van der Waals surface area contributed by atoms with E-state index in [9.17, 15) is 4.79 Å². The minimum absolute atomic E-state index is 0.00212. The van der Waals surface area contributed by atoms with Crippen molar-refractivity contribution < 1.29 is 19.0 Å². The molecule has 0 bridgehead atoms. The van der Waals surface area contributed by atoms with Crippen molar-refractivity contribution in [2.45, 2.75) is 13.0 Å². The number of benzene rings is 2. The van der Waals surface area contributed by atoms with Gasteiger partial charge < -0.3 is 19.1 Å². The second-order valence-corrected chi connectivity index (χ2v) is 8.16. The Balaban J connectivity index is 1.28. The zero-order valence-corrected chi connectivity index (χ0v) is 17.3. The molecule has 30 heavy (non-hydrogen) atoms. The smallest absolute Gasteiger partial charge is 0.246 e. The number of fused-ring (bicyclic) bond motifs is 2. The highest BCUT2D eigenvalue weighted by Gasteiger charge is 2.23. The Morgan fingerprint density at radius 2 is 2.00 bits per heavy atom. The number of hydrogen-bond donors (Lipinski definition) is 0. The summed E-state index contributed by atoms with van der Waals surface area (Å²) in [6, 6.07) is 13.6. The molecule has 2 aliphatic heterocycles. The van der Waals surface area contributed by atoms with E-state index in [1.165, 1.54) is 0 Å². The lowest BCUT2D eigenvalue weighted by molar-refractivity contribution is -0.126. The van der Waals surface area contributed by atoms with Gasteiger partial charge in [0.25, 0.3) is 0 Å². The molecule has 3 aromatic rings. The van der Waals surface area contributed by atoms with Gasteiger partial charge >= 0.3 is 0 Å². The molecule has 152 valence electrons. The van der Waals surface area contributed by atoms with Gasteiger partial charge in [0.15, 0.2) is 11.5 Å². The molecule has 0 spiro atoms. The monoisotopic (exact) mass is 420 g/mol. The first-order valence-electron chi connectivity index (χ1n) is 9.69. The number of rotatable bonds is 4. The van der Waals surface area contributed by atoms with Gasteiger partial charge in [-0.05, 0) is 48.0 Å². The zero-order chi connectivity index (χ0) is 20.5. The van der Waals surface area contributed by atoms with Crippen LogP contribution in [0.3, 0.4) is 0 Å². The number of ether oxygens (including phenoxy) is 3. The van der Waals surface area contributed by atoms with Gasteiger partial charge in [0.05, 0.1) is 19.3 Å². The van der Waals surface area contributed by atoms with Gasteiger partial charge in [-0.1, -0.05) is 6.07 Å². The number of thiazole rings is 1. The van der Waals surface area contributed by atoms with Crippen LogP contribution in [-0.2, 0) is 17.8 Å². The maximum Gasteiger partial charge on any atom is 0.246 e. The highest BCUT2D eigenvalue weighted by molar-refractivity contribution is 7.15. The van der Waals surface area contributed by atoms with Crippen molar-refractivity contribution in [3.8, 4) is 27.8 Å². The predicted octanol–water partition coefficient (Wildman–Crippen LogP) is 4.15. The molecule has 0 atom stereocenters. The molecule has 2 aliphatic rings. The molecule has 0 radical (unpaired) electrons. The highest BCUT2D eigenvalue weighted by Crippen LogP contribution is 2.34. The van der Waals surface area contributed by atoms with Crippen molar-refractivity contribution in [1.82, 2.24) is 9.88 Å². The fourth-order valence-electron chi connectivity index (χ4n) is 3.53. The SMILES string of the molecule is COc1ccc(-c2nc3c(s2)CN(C(=O)C=Cc2ccc4c(c2)OCO4)CC3)cc1. The van der Waals surface area contributed by atoms with Crippen LogP contribution in [0.2, 0.25) is 0 Å². The maximum absolute atomic E-state index is 12.7. The predicted molar refractivity (Wildman–Crippen MR) is 115 cm³/mol. The molecule has 0 unspecified atom stereocenters. The van der Waals surface area contributed by atoms with Crippen LogP contribution in [0.1, 0.15) is 16.1 Å². The van der Waals surface area contributed by atoms with Gasteiger partial charge in [-0.15, -0.1) is 11.3 Å². The standard InChI is InChI=1S/C23H20N2O4S/c1-27-17-6-4-16(5-7-17)23-24-18-10-11-25(13-21(18)30-23)22(26)9-3-15-2-8-19-20(12-15)29-14-28-19/h2-9,12H,10-11,13-14H2,1H3. The third kappa shape index (κ3) is 3.64. The molecule has 7 heteroatoms. The summed E-state index contributed by atoms with van der Waals surface area (Å²) in [5.41, 5.74) is 3.07. The first kappa shape index (κ1) is 18.7. The van der Waals surface area contributed by atoms with E-state index in [4.69, 9.17) is 19.2 Å². The number of amides is 1. The number of aromatic nitrogens is 1. The summed E-state index contributed by atoms with van der Waals surface area (Å²) in [5, 5.41) is 0.979. The van der Waals surface area contributed by atoms with Gasteiger partial charge in [0.1, 0.15) is 10.8 Å². The molecule has 0 fully saturated rings. The van der Waals surface area contributed by atoms with Crippen molar-refractivity contribution in [3.63, 3.8) is 0 Å². The summed E-state index contributed by atoms with van der Waals surface area (Å²) < 4.78 is 15.9. The Kier molecular flexibility index (Phi) is 4.88. The summed E-state index contributed by atoms with van der Waals surface area (Å²) in [6.07, 6.45) is 4.20. The molecule has 2 aromatic carbocycles. The summed E-state index contributed by atoms with van der Waals surface area (Å²) in [7, 11) is 1.66. The van der Waals surface area contributed by atoms with Gasteiger partial charge in [0.2, 0.25) is 12.7 Å². The van der Waals surface area contributed by atoms with Crippen molar-refractivity contribution in [2.75, 3.05) is 20.4 Å². The first-order chi connectivity index (χ1) is 14.7. The quantitative estimate of drug-likeness (QED) is 0.594. The third-order valence-corrected chi connectivity index (χ3v) is 6.33. The highest BCUT2D eigenvalue weighted by atomic mass is 32.1. The van der Waals surface area contributed by atoms with Gasteiger partial charge in [0, 0.05) is 29.5 Å². The molecule has 1 aromatic heterocycles. The Labute approximate surface area is 178 Å². The van der Waals surface area contributed by atoms with Crippen LogP contribution in [0, 0.1) is 0 Å². The fourth-order valence-corrected chi connectivity index (χ4v) is 4.66. The summed E-state index contributed by atoms with van der Waals surface area (Å²) >= 11 is 1.65. The molecule has 0 aliphatic carbocycles. The number of methoxy groups -OCH3 is 1. The van der Waals surface area contributed by atoms with Gasteiger partial charge in [-0.2, -0.15) is 0 Å². The van der Waals surface area contributed by atoms with Gasteiger partial charge in [-0.25, -0.2) is 4.98 Å². The minimum Gasteiger partial charge on any atom is -0.497 e. The van der Waals surface area contributed by atoms with E-state index in [2.05, 4.69) is 0 Å². The molecule has 5 rings (SSSR count). The largest absolute Gasteiger partial charge is 0.497 e. The Hall–Kier alpha value is -3.32. The molecule has 0 N–H and O–H groups in total. The Bertz CT molecular complexity index is 1120. The van der Waals surface area contributed by atoms with Crippen molar-refractivity contribution in [3.05, 3.63) is 64.7 Å². The summed E-state index contributed by atoms with van der Waals surface area (Å²) in [5.74, 6) is 2.27. The number of carbonyl (C=O) groups is 1. The maximum atomic E-state index is 12.7. The van der Waals surface area contributed by atoms with Crippen LogP contribution in [0.5, 0.6) is 17.2 Å². The van der Waals surface area contributed by atoms with E-state index in [-0.39, 0.29) is 12.7 Å². The van der Waals surface area contributed by atoms with Crippen LogP contribution in [0.15, 0.2) is 48.5 Å². The lowest BCUT2D eigenvalue weighted by Crippen LogP contribution is -2.34. The molecule has 6 nitrogen and oxygen atoms in total. The van der Waals surface area contributed by atoms with Crippen LogP contribution in [-0.4, -0.2) is 36.2 Å². The Morgan fingerprint density at radius 3 is 2.83 bits per heavy atom. The second-order valence-electron chi connectivity index (χ2n) is 7.07. The van der Waals surface area contributed by atoms with Crippen LogP contribution >= 0.6 is 11.3 Å². The van der Waals surface area contributed by atoms with E-state index in [0.29, 0.717) is 18.8 Å². The average molecular weight is 420 g/mol. The summed E-state index contributed by atoms with van der Waals surface area (Å²) in [6.45, 7) is 1.50. The average Bonchev–Trinajstić information content (AvgIpc) is 3.43. The van der Waals surface area contributed by atoms with E-state index in [0.717, 1.165) is 44.6 Å². The second kappa shape index (κ2) is 7.84. The molecule has 0 saturated heterocycles. The van der Waals surface area contributed by atoms with E-state index in [1.807, 2.05) is 53.4 Å².